The van der Waals surface area contributed by atoms with Crippen molar-refractivity contribution < 1.29 is 0 Å². The normalized spacial score (nSPS) is 20.5. The molecule has 0 aliphatic heterocycles. The minimum Gasteiger partial charge on any atom is -0.192 e. The lowest BCUT2D eigenvalue weighted by Gasteiger charge is -2.29. The van der Waals surface area contributed by atoms with Crippen LogP contribution in [-0.2, 0) is 0 Å². The number of nitriles is 1. The van der Waals surface area contributed by atoms with Gasteiger partial charge in [-0.15, -0.1) is 0 Å². The van der Waals surface area contributed by atoms with Gasteiger partial charge in [-0.3, -0.25) is 0 Å². The average molecular weight is 317 g/mol. The third-order valence-electron chi connectivity index (χ3n) is 5.54. The Kier molecular flexibility index (Phi) is 5.70. The highest BCUT2D eigenvalue weighted by Crippen LogP contribution is 2.38. The Bertz CT molecular complexity index is 667. The van der Waals surface area contributed by atoms with Gasteiger partial charge in [0.1, 0.15) is 0 Å². The Morgan fingerprint density at radius 2 is 1.46 bits per heavy atom. The highest BCUT2D eigenvalue weighted by atomic mass is 14.3. The minimum atomic E-state index is 0.718. The Labute approximate surface area is 146 Å². The maximum Gasteiger partial charge on any atom is 0.0991 e. The molecule has 0 aromatic heterocycles. The van der Waals surface area contributed by atoms with Crippen LogP contribution in [0, 0.1) is 17.2 Å². The molecule has 1 nitrogen and oxygen atoms in total. The van der Waals surface area contributed by atoms with E-state index in [4.69, 9.17) is 5.26 Å². The summed E-state index contributed by atoms with van der Waals surface area (Å²) in [5.74, 6) is 1.72. The van der Waals surface area contributed by atoms with Gasteiger partial charge < -0.3 is 0 Å². The Balaban J connectivity index is 1.61. The largest absolute Gasteiger partial charge is 0.192 e. The van der Waals surface area contributed by atoms with Crippen molar-refractivity contribution in [3.63, 3.8) is 0 Å². The van der Waals surface area contributed by atoms with Gasteiger partial charge in [-0.25, -0.2) is 0 Å². The summed E-state index contributed by atoms with van der Waals surface area (Å²) in [5, 5.41) is 8.90. The summed E-state index contributed by atoms with van der Waals surface area (Å²) in [4.78, 5) is 0. The molecule has 0 saturated heterocycles. The van der Waals surface area contributed by atoms with Gasteiger partial charge in [0.05, 0.1) is 11.6 Å². The first-order valence-electron chi connectivity index (χ1n) is 9.40. The van der Waals surface area contributed by atoms with E-state index in [0.29, 0.717) is 0 Å². The van der Waals surface area contributed by atoms with E-state index in [1.54, 1.807) is 0 Å². The summed E-state index contributed by atoms with van der Waals surface area (Å²) in [6.07, 6.45) is 9.67. The topological polar surface area (TPSA) is 23.8 Å². The quantitative estimate of drug-likeness (QED) is 0.602. The molecule has 0 N–H and O–H groups in total. The van der Waals surface area contributed by atoms with Crippen molar-refractivity contribution in [2.24, 2.45) is 5.92 Å². The highest BCUT2D eigenvalue weighted by molar-refractivity contribution is 5.64. The van der Waals surface area contributed by atoms with E-state index < -0.39 is 0 Å². The first kappa shape index (κ1) is 16.8. The monoisotopic (exact) mass is 317 g/mol. The molecule has 0 unspecified atom stereocenters. The second kappa shape index (κ2) is 8.15. The van der Waals surface area contributed by atoms with Crippen LogP contribution in [0.25, 0.3) is 11.1 Å². The van der Waals surface area contributed by atoms with E-state index in [9.17, 15) is 0 Å². The fourth-order valence-corrected chi connectivity index (χ4v) is 3.96. The van der Waals surface area contributed by atoms with Gasteiger partial charge in [0, 0.05) is 0 Å². The number of hydrogen-bond acceptors (Lipinski definition) is 1. The zero-order valence-corrected chi connectivity index (χ0v) is 14.7. The van der Waals surface area contributed by atoms with Crippen LogP contribution in [0.4, 0.5) is 0 Å². The molecule has 1 saturated carbocycles. The molecule has 124 valence electrons. The fourth-order valence-electron chi connectivity index (χ4n) is 3.96. The van der Waals surface area contributed by atoms with Crippen LogP contribution < -0.4 is 0 Å². The summed E-state index contributed by atoms with van der Waals surface area (Å²) in [6, 6.07) is 19.1. The number of rotatable bonds is 5. The lowest BCUT2D eigenvalue weighted by molar-refractivity contribution is 0.304. The van der Waals surface area contributed by atoms with E-state index in [1.165, 1.54) is 61.6 Å². The van der Waals surface area contributed by atoms with Crippen molar-refractivity contribution in [1.29, 1.82) is 5.26 Å². The molecule has 1 aliphatic carbocycles. The summed E-state index contributed by atoms with van der Waals surface area (Å²) in [7, 11) is 0. The maximum atomic E-state index is 8.90. The second-order valence-electron chi connectivity index (χ2n) is 7.17. The summed E-state index contributed by atoms with van der Waals surface area (Å²) < 4.78 is 0. The predicted octanol–water partition coefficient (Wildman–Crippen LogP) is 6.69. The van der Waals surface area contributed by atoms with Gasteiger partial charge in [-0.05, 0) is 66.3 Å². The zero-order chi connectivity index (χ0) is 16.8. The van der Waals surface area contributed by atoms with Gasteiger partial charge in [0.15, 0.2) is 0 Å². The van der Waals surface area contributed by atoms with Gasteiger partial charge in [0.25, 0.3) is 0 Å². The molecule has 0 spiro atoms. The third kappa shape index (κ3) is 4.06. The van der Waals surface area contributed by atoms with E-state index in [0.717, 1.165) is 17.4 Å². The van der Waals surface area contributed by atoms with E-state index in [-0.39, 0.29) is 0 Å². The lowest BCUT2D eigenvalue weighted by Crippen LogP contribution is -2.13. The summed E-state index contributed by atoms with van der Waals surface area (Å²) >= 11 is 0. The molecule has 1 aliphatic rings. The zero-order valence-electron chi connectivity index (χ0n) is 14.7. The highest BCUT2D eigenvalue weighted by Gasteiger charge is 2.21. The van der Waals surface area contributed by atoms with Crippen molar-refractivity contribution in [3.8, 4) is 17.2 Å². The van der Waals surface area contributed by atoms with Crippen LogP contribution in [0.2, 0.25) is 0 Å². The molecule has 0 atom stereocenters. The first-order valence-corrected chi connectivity index (χ1v) is 9.40. The van der Waals surface area contributed by atoms with Gasteiger partial charge in [-0.2, -0.15) is 5.26 Å². The average Bonchev–Trinajstić information content (AvgIpc) is 2.67. The predicted molar refractivity (Wildman–Crippen MR) is 101 cm³/mol. The minimum absolute atomic E-state index is 0.718. The van der Waals surface area contributed by atoms with Crippen molar-refractivity contribution in [3.05, 3.63) is 59.7 Å². The van der Waals surface area contributed by atoms with Crippen LogP contribution >= 0.6 is 0 Å². The smallest absolute Gasteiger partial charge is 0.0991 e. The number of unbranched alkanes of at least 4 members (excludes halogenated alkanes) is 1. The summed E-state index contributed by atoms with van der Waals surface area (Å²) in [6.45, 7) is 2.29. The summed E-state index contributed by atoms with van der Waals surface area (Å²) in [5.41, 5.74) is 4.64. The number of hydrogen-bond donors (Lipinski definition) is 0. The number of nitrogens with zero attached hydrogens (tertiary/aromatic N) is 1. The van der Waals surface area contributed by atoms with Crippen LogP contribution in [0.5, 0.6) is 0 Å². The standard InChI is InChI=1S/C23H27N/c1-2-3-4-18-5-9-20(10-6-18)22-13-15-23(16-14-22)21-11-7-19(17-24)8-12-21/h7-8,11-16,18,20H,2-6,9-10H2,1H3. The molecule has 0 radical (unpaired) electrons. The molecular formula is C23H27N. The van der Waals surface area contributed by atoms with E-state index in [2.05, 4.69) is 37.3 Å². The lowest BCUT2D eigenvalue weighted by atomic mass is 9.77. The maximum absolute atomic E-state index is 8.90. The molecule has 0 amide bonds. The van der Waals surface area contributed by atoms with Crippen LogP contribution in [-0.4, -0.2) is 0 Å². The van der Waals surface area contributed by atoms with Crippen LogP contribution in [0.1, 0.15) is 68.9 Å². The molecule has 0 bridgehead atoms. The molecule has 3 rings (SSSR count). The molecule has 2 aromatic carbocycles. The van der Waals surface area contributed by atoms with Crippen molar-refractivity contribution in [2.45, 2.75) is 57.8 Å². The molecule has 24 heavy (non-hydrogen) atoms. The second-order valence-corrected chi connectivity index (χ2v) is 7.17. The van der Waals surface area contributed by atoms with E-state index >= 15 is 0 Å². The van der Waals surface area contributed by atoms with Crippen molar-refractivity contribution in [2.75, 3.05) is 0 Å². The Morgan fingerprint density at radius 3 is 2.00 bits per heavy atom. The molecule has 1 heteroatoms. The van der Waals surface area contributed by atoms with Crippen molar-refractivity contribution in [1.82, 2.24) is 0 Å². The van der Waals surface area contributed by atoms with Crippen LogP contribution in [0.15, 0.2) is 48.5 Å². The first-order chi connectivity index (χ1) is 11.8. The Hall–Kier alpha value is -2.07. The van der Waals surface area contributed by atoms with Gasteiger partial charge in [-0.1, -0.05) is 62.6 Å². The van der Waals surface area contributed by atoms with E-state index in [1.807, 2.05) is 24.3 Å². The molecule has 0 heterocycles. The van der Waals surface area contributed by atoms with Gasteiger partial charge in [0.2, 0.25) is 0 Å². The van der Waals surface area contributed by atoms with Crippen molar-refractivity contribution >= 4 is 0 Å². The fraction of sp³-hybridized carbons (Fsp3) is 0.435. The molecule has 2 aromatic rings. The van der Waals surface area contributed by atoms with Gasteiger partial charge >= 0.3 is 0 Å². The SMILES string of the molecule is CCCCC1CCC(c2ccc(-c3ccc(C#N)cc3)cc2)CC1. The Morgan fingerprint density at radius 1 is 0.875 bits per heavy atom. The molecular weight excluding hydrogens is 290 g/mol. The third-order valence-corrected chi connectivity index (χ3v) is 5.54. The van der Waals surface area contributed by atoms with Crippen LogP contribution in [0.3, 0.4) is 0 Å². The molecule has 1 fully saturated rings. The number of benzene rings is 2.